The molecule has 0 saturated heterocycles. The minimum absolute atomic E-state index is 0.0167. The first kappa shape index (κ1) is 15.1. The lowest BCUT2D eigenvalue weighted by Gasteiger charge is -2.21. The highest BCUT2D eigenvalue weighted by atomic mass is 16.5. The topological polar surface area (TPSA) is 89.9 Å². The fraction of sp³-hybridized carbons (Fsp3) is 0.385. The number of para-hydroxylation sites is 1. The molecule has 1 rings (SSSR count). The fourth-order valence-corrected chi connectivity index (χ4v) is 1.57. The van der Waals surface area contributed by atoms with Crippen molar-refractivity contribution in [3.8, 4) is 0 Å². The number of carbonyl (C=O) groups excluding carboxylic acids is 1. The number of hydrogen-bond acceptors (Lipinski definition) is 4. The molecule has 0 aliphatic rings. The van der Waals surface area contributed by atoms with Crippen molar-refractivity contribution in [2.45, 2.75) is 26.3 Å². The largest absolute Gasteiger partial charge is 0.478 e. The predicted molar refractivity (Wildman–Crippen MR) is 70.3 cm³/mol. The van der Waals surface area contributed by atoms with Gasteiger partial charge >= 0.3 is 5.97 Å². The number of rotatable bonds is 6. The number of aromatic carboxylic acids is 1. The highest BCUT2D eigenvalue weighted by Crippen LogP contribution is 2.15. The number of carboxylic acid groups (broad SMARTS) is 1. The summed E-state index contributed by atoms with van der Waals surface area (Å²) in [6.07, 6.45) is 0.708. The number of carboxylic acids is 1. The van der Waals surface area contributed by atoms with E-state index < -0.39 is 17.9 Å². The van der Waals surface area contributed by atoms with Crippen molar-refractivity contribution >= 4 is 17.6 Å². The summed E-state index contributed by atoms with van der Waals surface area (Å²) in [5.74, 6) is -1.57. The van der Waals surface area contributed by atoms with Crippen LogP contribution in [0.25, 0.3) is 0 Å². The van der Waals surface area contributed by atoms with Crippen molar-refractivity contribution < 1.29 is 19.9 Å². The summed E-state index contributed by atoms with van der Waals surface area (Å²) in [5.41, 5.74) is 0.236. The van der Waals surface area contributed by atoms with E-state index in [1.165, 1.54) is 12.1 Å². The second kappa shape index (κ2) is 6.86. The molecule has 104 valence electrons. The molecule has 0 aliphatic heterocycles. The molecular formula is C13H18N2O4. The van der Waals surface area contributed by atoms with Gasteiger partial charge in [0, 0.05) is 6.54 Å². The van der Waals surface area contributed by atoms with Crippen molar-refractivity contribution in [1.29, 1.82) is 0 Å². The van der Waals surface area contributed by atoms with Gasteiger partial charge in [-0.2, -0.15) is 5.06 Å². The Morgan fingerprint density at radius 1 is 1.37 bits per heavy atom. The summed E-state index contributed by atoms with van der Waals surface area (Å²) < 4.78 is 0. The van der Waals surface area contributed by atoms with Gasteiger partial charge in [-0.25, -0.2) is 4.79 Å². The first-order chi connectivity index (χ1) is 8.97. The van der Waals surface area contributed by atoms with Gasteiger partial charge in [-0.15, -0.1) is 0 Å². The van der Waals surface area contributed by atoms with Crippen LogP contribution in [0.15, 0.2) is 24.3 Å². The normalized spacial score (nSPS) is 12.2. The molecule has 0 saturated carbocycles. The van der Waals surface area contributed by atoms with Crippen LogP contribution in [0.1, 0.15) is 30.6 Å². The summed E-state index contributed by atoms with van der Waals surface area (Å²) in [6, 6.07) is 5.39. The molecule has 1 unspecified atom stereocenters. The maximum absolute atomic E-state index is 11.9. The third-order valence-corrected chi connectivity index (χ3v) is 2.69. The average Bonchev–Trinajstić information content (AvgIpc) is 2.38. The summed E-state index contributed by atoms with van der Waals surface area (Å²) in [6.45, 7) is 3.80. The Kier molecular flexibility index (Phi) is 5.47. The maximum Gasteiger partial charge on any atom is 0.337 e. The lowest BCUT2D eigenvalue weighted by atomic mass is 10.1. The van der Waals surface area contributed by atoms with Crippen molar-refractivity contribution in [2.75, 3.05) is 11.9 Å². The molecule has 0 heterocycles. The van der Waals surface area contributed by atoms with Gasteiger partial charge in [0.15, 0.2) is 0 Å². The van der Waals surface area contributed by atoms with Crippen LogP contribution in [-0.4, -0.2) is 39.8 Å². The van der Waals surface area contributed by atoms with Crippen LogP contribution in [0.4, 0.5) is 5.69 Å². The van der Waals surface area contributed by atoms with Gasteiger partial charge < -0.3 is 15.6 Å². The molecule has 0 bridgehead atoms. The van der Waals surface area contributed by atoms with Crippen molar-refractivity contribution in [3.63, 3.8) is 0 Å². The molecule has 1 aromatic carbocycles. The van der Waals surface area contributed by atoms with Gasteiger partial charge in [0.05, 0.1) is 11.3 Å². The zero-order valence-corrected chi connectivity index (χ0v) is 11.0. The van der Waals surface area contributed by atoms with Gasteiger partial charge in [0.25, 0.3) is 0 Å². The number of anilines is 1. The van der Waals surface area contributed by atoms with Gasteiger partial charge in [0.2, 0.25) is 5.91 Å². The maximum atomic E-state index is 11.9. The molecular weight excluding hydrogens is 248 g/mol. The third-order valence-electron chi connectivity index (χ3n) is 2.69. The third kappa shape index (κ3) is 4.04. The Morgan fingerprint density at radius 3 is 2.58 bits per heavy atom. The molecule has 19 heavy (non-hydrogen) atoms. The van der Waals surface area contributed by atoms with Crippen LogP contribution in [0.2, 0.25) is 0 Å². The van der Waals surface area contributed by atoms with Crippen LogP contribution in [0, 0.1) is 0 Å². The predicted octanol–water partition coefficient (Wildman–Crippen LogP) is 1.81. The smallest absolute Gasteiger partial charge is 0.337 e. The minimum atomic E-state index is -1.11. The van der Waals surface area contributed by atoms with E-state index in [1.807, 2.05) is 6.92 Å². The Morgan fingerprint density at radius 2 is 2.00 bits per heavy atom. The van der Waals surface area contributed by atoms with Crippen LogP contribution in [0.3, 0.4) is 0 Å². The number of carbonyl (C=O) groups is 2. The Hall–Kier alpha value is -1.92. The fourth-order valence-electron chi connectivity index (χ4n) is 1.57. The van der Waals surface area contributed by atoms with Crippen LogP contribution in [-0.2, 0) is 4.79 Å². The minimum Gasteiger partial charge on any atom is -0.478 e. The van der Waals surface area contributed by atoms with E-state index in [0.29, 0.717) is 13.0 Å². The Bertz CT molecular complexity index is 462. The lowest BCUT2D eigenvalue weighted by molar-refractivity contribution is -0.148. The van der Waals surface area contributed by atoms with E-state index in [0.717, 1.165) is 5.06 Å². The second-order valence-corrected chi connectivity index (χ2v) is 4.18. The van der Waals surface area contributed by atoms with E-state index in [9.17, 15) is 14.8 Å². The zero-order chi connectivity index (χ0) is 14.4. The second-order valence-electron chi connectivity index (χ2n) is 4.18. The van der Waals surface area contributed by atoms with Crippen LogP contribution < -0.4 is 5.32 Å². The molecule has 1 amide bonds. The van der Waals surface area contributed by atoms with Gasteiger partial charge in [0.1, 0.15) is 6.04 Å². The van der Waals surface area contributed by atoms with Gasteiger partial charge in [-0.05, 0) is 25.5 Å². The monoisotopic (exact) mass is 266 g/mol. The molecule has 0 aromatic heterocycles. The van der Waals surface area contributed by atoms with Gasteiger partial charge in [-0.1, -0.05) is 19.1 Å². The first-order valence-corrected chi connectivity index (χ1v) is 6.06. The van der Waals surface area contributed by atoms with Gasteiger partial charge in [-0.3, -0.25) is 4.79 Å². The van der Waals surface area contributed by atoms with Crippen molar-refractivity contribution in [3.05, 3.63) is 29.8 Å². The summed E-state index contributed by atoms with van der Waals surface area (Å²) in [4.78, 5) is 22.9. The molecule has 0 radical (unpaired) electrons. The molecule has 6 nitrogen and oxygen atoms in total. The molecule has 0 aliphatic carbocycles. The SMILES string of the molecule is CCCN(O)C(C)C(=O)Nc1ccccc1C(=O)O. The molecule has 0 fully saturated rings. The quantitative estimate of drug-likeness (QED) is 0.683. The molecule has 6 heteroatoms. The summed E-state index contributed by atoms with van der Waals surface area (Å²) in [7, 11) is 0. The van der Waals surface area contributed by atoms with Crippen molar-refractivity contribution in [1.82, 2.24) is 5.06 Å². The average molecular weight is 266 g/mol. The molecule has 0 spiro atoms. The number of hydrogen-bond donors (Lipinski definition) is 3. The Labute approximate surface area is 111 Å². The first-order valence-electron chi connectivity index (χ1n) is 6.06. The molecule has 1 aromatic rings. The van der Waals surface area contributed by atoms with Crippen LogP contribution >= 0.6 is 0 Å². The summed E-state index contributed by atoms with van der Waals surface area (Å²) in [5, 5.41) is 22.0. The number of nitrogens with zero attached hydrogens (tertiary/aromatic N) is 1. The number of amides is 1. The van der Waals surface area contributed by atoms with E-state index in [2.05, 4.69) is 5.32 Å². The van der Waals surface area contributed by atoms with Crippen molar-refractivity contribution in [2.24, 2.45) is 0 Å². The highest BCUT2D eigenvalue weighted by Gasteiger charge is 2.20. The number of benzene rings is 1. The number of nitrogens with one attached hydrogen (secondary N) is 1. The number of hydroxylamine groups is 2. The summed E-state index contributed by atoms with van der Waals surface area (Å²) >= 11 is 0. The standard InChI is InChI=1S/C13H18N2O4/c1-3-8-15(19)9(2)12(16)14-11-7-5-4-6-10(11)13(17)18/h4-7,9,19H,3,8H2,1-2H3,(H,14,16)(H,17,18). The molecule has 3 N–H and O–H groups in total. The lowest BCUT2D eigenvalue weighted by Crippen LogP contribution is -2.40. The highest BCUT2D eigenvalue weighted by molar-refractivity contribution is 6.01. The van der Waals surface area contributed by atoms with E-state index in [4.69, 9.17) is 5.11 Å². The zero-order valence-electron chi connectivity index (χ0n) is 11.0. The Balaban J connectivity index is 2.80. The van der Waals surface area contributed by atoms with E-state index in [-0.39, 0.29) is 11.3 Å². The van der Waals surface area contributed by atoms with E-state index >= 15 is 0 Å². The van der Waals surface area contributed by atoms with E-state index in [1.54, 1.807) is 19.1 Å². The molecule has 1 atom stereocenters. The van der Waals surface area contributed by atoms with Crippen LogP contribution in [0.5, 0.6) is 0 Å².